The SMILES string of the molecule is Cc1c(F)c(F)c(-c2c(F)c(F)c(C)c(F)c2F)c(F)c1F. The van der Waals surface area contributed by atoms with Crippen molar-refractivity contribution in [2.75, 3.05) is 0 Å². The molecule has 0 aromatic heterocycles. The van der Waals surface area contributed by atoms with Crippen molar-refractivity contribution in [1.29, 1.82) is 0 Å². The first-order chi connectivity index (χ1) is 10.1. The second-order valence-electron chi connectivity index (χ2n) is 4.51. The van der Waals surface area contributed by atoms with E-state index in [1.165, 1.54) is 0 Å². The highest BCUT2D eigenvalue weighted by Gasteiger charge is 2.32. The van der Waals surface area contributed by atoms with Crippen molar-refractivity contribution >= 4 is 0 Å². The third-order valence-electron chi connectivity index (χ3n) is 3.22. The van der Waals surface area contributed by atoms with Gasteiger partial charge < -0.3 is 0 Å². The van der Waals surface area contributed by atoms with Crippen LogP contribution < -0.4 is 0 Å². The summed E-state index contributed by atoms with van der Waals surface area (Å²) in [6, 6.07) is 0. The largest absolute Gasteiger partial charge is 0.203 e. The second kappa shape index (κ2) is 5.26. The first-order valence-electron chi connectivity index (χ1n) is 5.76. The monoisotopic (exact) mass is 326 g/mol. The Balaban J connectivity index is 3.03. The Labute approximate surface area is 119 Å². The van der Waals surface area contributed by atoms with Crippen molar-refractivity contribution in [3.05, 3.63) is 57.7 Å². The molecule has 0 aliphatic heterocycles. The minimum atomic E-state index is -2.16. The van der Waals surface area contributed by atoms with E-state index < -0.39 is 68.8 Å². The Morgan fingerprint density at radius 1 is 0.364 bits per heavy atom. The van der Waals surface area contributed by atoms with Gasteiger partial charge in [0.1, 0.15) is 0 Å². The van der Waals surface area contributed by atoms with Gasteiger partial charge in [0.2, 0.25) is 0 Å². The van der Waals surface area contributed by atoms with E-state index in [0.717, 1.165) is 0 Å². The van der Waals surface area contributed by atoms with Gasteiger partial charge in [-0.25, -0.2) is 35.1 Å². The van der Waals surface area contributed by atoms with Crippen LogP contribution in [0.15, 0.2) is 0 Å². The molecular weight excluding hydrogens is 320 g/mol. The highest BCUT2D eigenvalue weighted by atomic mass is 19.2. The van der Waals surface area contributed by atoms with E-state index in [0.29, 0.717) is 13.8 Å². The molecule has 0 spiro atoms. The van der Waals surface area contributed by atoms with Crippen LogP contribution in [0.2, 0.25) is 0 Å². The van der Waals surface area contributed by atoms with Gasteiger partial charge in [0.15, 0.2) is 46.5 Å². The van der Waals surface area contributed by atoms with Gasteiger partial charge in [0, 0.05) is 11.1 Å². The summed E-state index contributed by atoms with van der Waals surface area (Å²) in [5.41, 5.74) is -5.86. The van der Waals surface area contributed by atoms with Crippen LogP contribution in [0.5, 0.6) is 0 Å². The standard InChI is InChI=1S/C14H6F8/c1-3-7(15)11(19)5(12(20)8(3)16)6-13(21)9(17)4(2)10(18)14(6)22/h1-2H3. The lowest BCUT2D eigenvalue weighted by molar-refractivity contribution is 0.433. The normalized spacial score (nSPS) is 11.2. The van der Waals surface area contributed by atoms with Crippen molar-refractivity contribution in [2.24, 2.45) is 0 Å². The van der Waals surface area contributed by atoms with Crippen LogP contribution in [0.25, 0.3) is 11.1 Å². The van der Waals surface area contributed by atoms with Crippen molar-refractivity contribution in [1.82, 2.24) is 0 Å². The molecule has 0 aliphatic rings. The van der Waals surface area contributed by atoms with Crippen LogP contribution in [0.3, 0.4) is 0 Å². The highest BCUT2D eigenvalue weighted by molar-refractivity contribution is 5.68. The number of hydrogen-bond acceptors (Lipinski definition) is 0. The molecule has 0 bridgehead atoms. The minimum Gasteiger partial charge on any atom is -0.203 e. The van der Waals surface area contributed by atoms with E-state index in [-0.39, 0.29) is 0 Å². The van der Waals surface area contributed by atoms with Crippen molar-refractivity contribution in [2.45, 2.75) is 13.8 Å². The van der Waals surface area contributed by atoms with Crippen LogP contribution >= 0.6 is 0 Å². The molecule has 8 heteroatoms. The molecule has 0 heterocycles. The maximum atomic E-state index is 13.8. The lowest BCUT2D eigenvalue weighted by atomic mass is 9.98. The van der Waals surface area contributed by atoms with Gasteiger partial charge in [0.05, 0.1) is 11.1 Å². The molecule has 118 valence electrons. The maximum Gasteiger partial charge on any atom is 0.170 e. The molecule has 0 saturated carbocycles. The fraction of sp³-hybridized carbons (Fsp3) is 0.143. The van der Waals surface area contributed by atoms with E-state index >= 15 is 0 Å². The highest BCUT2D eigenvalue weighted by Crippen LogP contribution is 2.37. The molecule has 2 aromatic carbocycles. The minimum absolute atomic E-state index is 0.684. The molecule has 0 unspecified atom stereocenters. The zero-order chi connectivity index (χ0) is 16.9. The Morgan fingerprint density at radius 2 is 0.545 bits per heavy atom. The third-order valence-corrected chi connectivity index (χ3v) is 3.22. The molecule has 0 aliphatic carbocycles. The zero-order valence-corrected chi connectivity index (χ0v) is 11.0. The molecule has 0 atom stereocenters. The molecule has 0 radical (unpaired) electrons. The van der Waals surface area contributed by atoms with Gasteiger partial charge in [-0.05, 0) is 13.8 Å². The number of rotatable bonds is 1. The molecule has 0 fully saturated rings. The van der Waals surface area contributed by atoms with Crippen LogP contribution in [-0.2, 0) is 0 Å². The smallest absolute Gasteiger partial charge is 0.170 e. The molecule has 0 nitrogen and oxygen atoms in total. The Morgan fingerprint density at radius 3 is 0.727 bits per heavy atom. The van der Waals surface area contributed by atoms with Gasteiger partial charge in [-0.2, -0.15) is 0 Å². The van der Waals surface area contributed by atoms with E-state index in [1.54, 1.807) is 0 Å². The fourth-order valence-electron chi connectivity index (χ4n) is 1.92. The number of benzene rings is 2. The van der Waals surface area contributed by atoms with Gasteiger partial charge in [0.25, 0.3) is 0 Å². The molecule has 0 saturated heterocycles. The second-order valence-corrected chi connectivity index (χ2v) is 4.51. The van der Waals surface area contributed by atoms with E-state index in [9.17, 15) is 35.1 Å². The molecule has 22 heavy (non-hydrogen) atoms. The molecular formula is C14H6F8. The summed E-state index contributed by atoms with van der Waals surface area (Å²) < 4.78 is 109. The molecule has 0 N–H and O–H groups in total. The van der Waals surface area contributed by atoms with Gasteiger partial charge in [-0.1, -0.05) is 0 Å². The fourth-order valence-corrected chi connectivity index (χ4v) is 1.92. The zero-order valence-electron chi connectivity index (χ0n) is 11.0. The summed E-state index contributed by atoms with van der Waals surface area (Å²) in [4.78, 5) is 0. The summed E-state index contributed by atoms with van der Waals surface area (Å²) in [6.07, 6.45) is 0. The summed E-state index contributed by atoms with van der Waals surface area (Å²) >= 11 is 0. The predicted molar refractivity (Wildman–Crippen MR) is 61.0 cm³/mol. The van der Waals surface area contributed by atoms with E-state index in [1.807, 2.05) is 0 Å². The van der Waals surface area contributed by atoms with Crippen LogP contribution in [-0.4, -0.2) is 0 Å². The van der Waals surface area contributed by atoms with Gasteiger partial charge >= 0.3 is 0 Å². The van der Waals surface area contributed by atoms with E-state index in [4.69, 9.17) is 0 Å². The number of hydrogen-bond donors (Lipinski definition) is 0. The van der Waals surface area contributed by atoms with Crippen LogP contribution in [0, 0.1) is 60.4 Å². The summed E-state index contributed by atoms with van der Waals surface area (Å²) in [6.45, 7) is 1.37. The van der Waals surface area contributed by atoms with E-state index in [2.05, 4.69) is 0 Å². The number of halogens is 8. The van der Waals surface area contributed by atoms with Crippen LogP contribution in [0.1, 0.15) is 11.1 Å². The molecule has 2 aromatic rings. The van der Waals surface area contributed by atoms with Crippen molar-refractivity contribution in [3.63, 3.8) is 0 Å². The lowest BCUT2D eigenvalue weighted by Crippen LogP contribution is -2.09. The van der Waals surface area contributed by atoms with Crippen molar-refractivity contribution in [3.8, 4) is 11.1 Å². The first kappa shape index (κ1) is 16.3. The van der Waals surface area contributed by atoms with Crippen LogP contribution in [0.4, 0.5) is 35.1 Å². The maximum absolute atomic E-state index is 13.8. The van der Waals surface area contributed by atoms with Crippen molar-refractivity contribution < 1.29 is 35.1 Å². The predicted octanol–water partition coefficient (Wildman–Crippen LogP) is 5.08. The molecule has 2 rings (SSSR count). The average molecular weight is 326 g/mol. The lowest BCUT2D eigenvalue weighted by Gasteiger charge is -2.13. The Bertz CT molecular complexity index is 669. The first-order valence-corrected chi connectivity index (χ1v) is 5.76. The third kappa shape index (κ3) is 2.05. The topological polar surface area (TPSA) is 0 Å². The average Bonchev–Trinajstić information content (AvgIpc) is 2.50. The summed E-state index contributed by atoms with van der Waals surface area (Å²) in [5.74, 6) is -16.3. The summed E-state index contributed by atoms with van der Waals surface area (Å²) in [5, 5.41) is 0. The molecule has 0 amide bonds. The Hall–Kier alpha value is -2.12. The summed E-state index contributed by atoms with van der Waals surface area (Å²) in [7, 11) is 0. The Kier molecular flexibility index (Phi) is 3.88. The van der Waals surface area contributed by atoms with Gasteiger partial charge in [-0.3, -0.25) is 0 Å². The quantitative estimate of drug-likeness (QED) is 0.506. The van der Waals surface area contributed by atoms with Gasteiger partial charge in [-0.15, -0.1) is 0 Å².